The van der Waals surface area contributed by atoms with Crippen LogP contribution in [0.4, 0.5) is 4.39 Å². The molecule has 0 saturated heterocycles. The molecule has 0 heterocycles. The van der Waals surface area contributed by atoms with Gasteiger partial charge >= 0.3 is 0 Å². The van der Waals surface area contributed by atoms with Gasteiger partial charge in [-0.1, -0.05) is 19.1 Å². The fourth-order valence-electron chi connectivity index (χ4n) is 1.58. The van der Waals surface area contributed by atoms with E-state index in [-0.39, 0.29) is 17.6 Å². The molecule has 1 unspecified atom stereocenters. The fourth-order valence-corrected chi connectivity index (χ4v) is 1.66. The lowest BCUT2D eigenvalue weighted by Gasteiger charge is -2.21. The summed E-state index contributed by atoms with van der Waals surface area (Å²) in [7, 11) is 1.68. The van der Waals surface area contributed by atoms with Crippen LogP contribution in [0.15, 0.2) is 18.2 Å². The van der Waals surface area contributed by atoms with Gasteiger partial charge < -0.3 is 10.6 Å². The van der Waals surface area contributed by atoms with Crippen LogP contribution in [-0.4, -0.2) is 29.4 Å². The van der Waals surface area contributed by atoms with Gasteiger partial charge in [0.25, 0.3) is 5.91 Å². The average Bonchev–Trinajstić information content (AvgIpc) is 2.31. The van der Waals surface area contributed by atoms with Crippen molar-refractivity contribution in [1.82, 2.24) is 4.90 Å². The van der Waals surface area contributed by atoms with Crippen LogP contribution in [-0.2, 0) is 0 Å². The Balaban J connectivity index is 2.80. The molecule has 0 aliphatic rings. The van der Waals surface area contributed by atoms with E-state index in [2.05, 4.69) is 0 Å². The molecule has 0 radical (unpaired) electrons. The first kappa shape index (κ1) is 14.6. The second-order valence-electron chi connectivity index (χ2n) is 4.45. The second-order valence-corrected chi connectivity index (χ2v) is 4.92. The number of carbonyl (C=O) groups excluding carboxylic acids is 1. The molecule has 0 aliphatic carbocycles. The van der Waals surface area contributed by atoms with Crippen molar-refractivity contribution in [3.63, 3.8) is 0 Å². The van der Waals surface area contributed by atoms with E-state index in [0.717, 1.165) is 0 Å². The highest BCUT2D eigenvalue weighted by molar-refractivity contribution is 7.80. The quantitative estimate of drug-likeness (QED) is 0.851. The lowest BCUT2D eigenvalue weighted by Crippen LogP contribution is -2.35. The molecular formula is C13H17FN2OS. The van der Waals surface area contributed by atoms with Gasteiger partial charge in [-0.05, 0) is 30.7 Å². The maximum atomic E-state index is 13.1. The molecule has 2 N–H and O–H groups in total. The van der Waals surface area contributed by atoms with Crippen LogP contribution < -0.4 is 5.73 Å². The summed E-state index contributed by atoms with van der Waals surface area (Å²) in [6, 6.07) is 4.32. The highest BCUT2D eigenvalue weighted by atomic mass is 32.1. The SMILES string of the molecule is Cc1cc(C(=O)N(C)CC(C)C(N)=S)ccc1F. The van der Waals surface area contributed by atoms with E-state index in [1.807, 2.05) is 6.92 Å². The van der Waals surface area contributed by atoms with Gasteiger partial charge in [-0.2, -0.15) is 0 Å². The van der Waals surface area contributed by atoms with Gasteiger partial charge in [0.2, 0.25) is 0 Å². The molecule has 18 heavy (non-hydrogen) atoms. The number of hydrogen-bond acceptors (Lipinski definition) is 2. The monoisotopic (exact) mass is 268 g/mol. The molecule has 98 valence electrons. The number of amides is 1. The van der Waals surface area contributed by atoms with Crippen LogP contribution in [0.5, 0.6) is 0 Å². The Labute approximate surface area is 112 Å². The summed E-state index contributed by atoms with van der Waals surface area (Å²) in [6.45, 7) is 3.94. The van der Waals surface area contributed by atoms with Crippen LogP contribution in [0.1, 0.15) is 22.8 Å². The van der Waals surface area contributed by atoms with Crippen molar-refractivity contribution >= 4 is 23.1 Å². The zero-order chi connectivity index (χ0) is 13.9. The van der Waals surface area contributed by atoms with Gasteiger partial charge in [-0.15, -0.1) is 0 Å². The first-order valence-electron chi connectivity index (χ1n) is 5.64. The number of aryl methyl sites for hydroxylation is 1. The number of nitrogens with two attached hydrogens (primary N) is 1. The Hall–Kier alpha value is -1.49. The Bertz CT molecular complexity index is 476. The largest absolute Gasteiger partial charge is 0.393 e. The molecule has 0 saturated carbocycles. The number of nitrogens with zero attached hydrogens (tertiary/aromatic N) is 1. The van der Waals surface area contributed by atoms with E-state index in [1.54, 1.807) is 20.0 Å². The first-order valence-corrected chi connectivity index (χ1v) is 6.04. The zero-order valence-corrected chi connectivity index (χ0v) is 11.6. The fraction of sp³-hybridized carbons (Fsp3) is 0.385. The topological polar surface area (TPSA) is 46.3 Å². The number of hydrogen-bond donors (Lipinski definition) is 1. The van der Waals surface area contributed by atoms with Gasteiger partial charge in [-0.3, -0.25) is 4.79 Å². The third-order valence-electron chi connectivity index (χ3n) is 2.79. The van der Waals surface area contributed by atoms with Crippen molar-refractivity contribution in [2.45, 2.75) is 13.8 Å². The van der Waals surface area contributed by atoms with Gasteiger partial charge in [0.05, 0.1) is 4.99 Å². The minimum atomic E-state index is -0.314. The molecule has 5 heteroatoms. The summed E-state index contributed by atoms with van der Waals surface area (Å²) in [5.74, 6) is -0.526. The van der Waals surface area contributed by atoms with Gasteiger partial charge in [-0.25, -0.2) is 4.39 Å². The normalized spacial score (nSPS) is 12.0. The number of rotatable bonds is 4. The minimum absolute atomic E-state index is 0.0458. The first-order chi connectivity index (χ1) is 8.32. The minimum Gasteiger partial charge on any atom is -0.393 e. The third kappa shape index (κ3) is 3.50. The van der Waals surface area contributed by atoms with Gasteiger partial charge in [0.15, 0.2) is 0 Å². The van der Waals surface area contributed by atoms with Crippen molar-refractivity contribution in [2.75, 3.05) is 13.6 Å². The van der Waals surface area contributed by atoms with E-state index in [9.17, 15) is 9.18 Å². The molecule has 0 aliphatic heterocycles. The standard InChI is InChI=1S/C13H17FN2OS/c1-8-6-10(4-5-11(8)14)13(17)16(3)7-9(2)12(15)18/h4-6,9H,7H2,1-3H3,(H2,15,18). The van der Waals surface area contributed by atoms with Crippen molar-refractivity contribution in [3.8, 4) is 0 Å². The molecule has 1 amide bonds. The number of thiocarbonyl (C=S) groups is 1. The van der Waals surface area contributed by atoms with E-state index >= 15 is 0 Å². The van der Waals surface area contributed by atoms with Crippen LogP contribution >= 0.6 is 12.2 Å². The molecule has 1 rings (SSSR count). The van der Waals surface area contributed by atoms with Gasteiger partial charge in [0, 0.05) is 25.1 Å². The maximum Gasteiger partial charge on any atom is 0.253 e. The Kier molecular flexibility index (Phi) is 4.78. The van der Waals surface area contributed by atoms with E-state index in [1.165, 1.54) is 17.0 Å². The number of benzene rings is 1. The van der Waals surface area contributed by atoms with Crippen molar-refractivity contribution in [3.05, 3.63) is 35.1 Å². The van der Waals surface area contributed by atoms with Crippen molar-refractivity contribution < 1.29 is 9.18 Å². The zero-order valence-electron chi connectivity index (χ0n) is 10.7. The molecule has 0 aromatic heterocycles. The summed E-state index contributed by atoms with van der Waals surface area (Å²) in [6.07, 6.45) is 0. The summed E-state index contributed by atoms with van der Waals surface area (Å²) < 4.78 is 13.1. The van der Waals surface area contributed by atoms with Gasteiger partial charge in [0.1, 0.15) is 5.82 Å². The maximum absolute atomic E-state index is 13.1. The number of halogens is 1. The lowest BCUT2D eigenvalue weighted by atomic mass is 10.1. The summed E-state index contributed by atoms with van der Waals surface area (Å²) in [4.78, 5) is 14.0. The number of carbonyl (C=O) groups is 1. The Morgan fingerprint density at radius 2 is 2.17 bits per heavy atom. The third-order valence-corrected chi connectivity index (χ3v) is 3.19. The summed E-state index contributed by atoms with van der Waals surface area (Å²) in [5, 5.41) is 0. The van der Waals surface area contributed by atoms with Crippen molar-refractivity contribution in [1.29, 1.82) is 0 Å². The van der Waals surface area contributed by atoms with Crippen LogP contribution in [0.2, 0.25) is 0 Å². The van der Waals surface area contributed by atoms with Crippen LogP contribution in [0, 0.1) is 18.7 Å². The molecule has 0 fully saturated rings. The van der Waals surface area contributed by atoms with E-state index in [0.29, 0.717) is 22.7 Å². The smallest absolute Gasteiger partial charge is 0.253 e. The second kappa shape index (κ2) is 5.91. The highest BCUT2D eigenvalue weighted by Gasteiger charge is 2.16. The predicted octanol–water partition coefficient (Wildman–Crippen LogP) is 2.13. The summed E-state index contributed by atoms with van der Waals surface area (Å²) >= 11 is 4.87. The van der Waals surface area contributed by atoms with E-state index in [4.69, 9.17) is 18.0 Å². The molecule has 1 aromatic carbocycles. The highest BCUT2D eigenvalue weighted by Crippen LogP contribution is 2.12. The Morgan fingerprint density at radius 3 is 2.67 bits per heavy atom. The van der Waals surface area contributed by atoms with Crippen molar-refractivity contribution in [2.24, 2.45) is 11.7 Å². The van der Waals surface area contributed by atoms with Crippen LogP contribution in [0.25, 0.3) is 0 Å². The average molecular weight is 268 g/mol. The predicted molar refractivity (Wildman–Crippen MR) is 74.0 cm³/mol. The lowest BCUT2D eigenvalue weighted by molar-refractivity contribution is 0.0787. The molecule has 1 aromatic rings. The molecular weight excluding hydrogens is 251 g/mol. The molecule has 0 spiro atoms. The molecule has 0 bridgehead atoms. The summed E-state index contributed by atoms with van der Waals surface area (Å²) in [5.41, 5.74) is 6.43. The van der Waals surface area contributed by atoms with E-state index < -0.39 is 0 Å². The Morgan fingerprint density at radius 1 is 1.56 bits per heavy atom. The molecule has 1 atom stereocenters. The molecule has 3 nitrogen and oxygen atoms in total. The van der Waals surface area contributed by atoms with Crippen LogP contribution in [0.3, 0.4) is 0 Å².